The minimum atomic E-state index is -3.61. The van der Waals surface area contributed by atoms with Crippen molar-refractivity contribution in [1.82, 2.24) is 9.71 Å². The minimum absolute atomic E-state index is 0.106. The Morgan fingerprint density at radius 2 is 1.72 bits per heavy atom. The normalized spacial score (nSPS) is 20.1. The predicted octanol–water partition coefficient (Wildman–Crippen LogP) is 5.96. The summed E-state index contributed by atoms with van der Waals surface area (Å²) in [6, 6.07) is 9.17. The number of nitrogens with zero attached hydrogens (tertiary/aromatic N) is 1. The lowest BCUT2D eigenvalue weighted by Gasteiger charge is -2.30. The third-order valence-corrected chi connectivity index (χ3v) is 9.10. The summed E-state index contributed by atoms with van der Waals surface area (Å²) in [5.41, 5.74) is 1.86. The highest BCUT2D eigenvalue weighted by Gasteiger charge is 2.27. The summed E-state index contributed by atoms with van der Waals surface area (Å²) in [5, 5.41) is 5.51. The van der Waals surface area contributed by atoms with Crippen molar-refractivity contribution in [2.75, 3.05) is 5.32 Å². The van der Waals surface area contributed by atoms with Gasteiger partial charge in [0.05, 0.1) is 10.5 Å². The molecule has 0 amide bonds. The van der Waals surface area contributed by atoms with Crippen LogP contribution < -0.4 is 10.0 Å². The number of pyridine rings is 1. The lowest BCUT2D eigenvalue weighted by Crippen LogP contribution is -2.39. The molecule has 0 spiro atoms. The summed E-state index contributed by atoms with van der Waals surface area (Å²) in [5.74, 6) is 0. The minimum Gasteiger partial charge on any atom is -0.382 e. The molecule has 2 heterocycles. The van der Waals surface area contributed by atoms with Crippen LogP contribution in [0.1, 0.15) is 25.7 Å². The number of sulfonamides is 1. The van der Waals surface area contributed by atoms with Crippen molar-refractivity contribution in [3.8, 4) is 0 Å². The fraction of sp³-hybridized carbons (Fsp3) is 0.316. The van der Waals surface area contributed by atoms with Crippen molar-refractivity contribution < 1.29 is 8.42 Å². The maximum atomic E-state index is 12.6. The third-order valence-electron chi connectivity index (χ3n) is 5.00. The van der Waals surface area contributed by atoms with Gasteiger partial charge in [0.1, 0.15) is 8.55 Å². The number of benzene rings is 1. The average molecular weight is 491 g/mol. The molecule has 2 aromatic heterocycles. The van der Waals surface area contributed by atoms with Crippen LogP contribution in [0, 0.1) is 0 Å². The number of halogens is 3. The van der Waals surface area contributed by atoms with E-state index in [1.54, 1.807) is 6.20 Å². The molecule has 2 N–H and O–H groups in total. The number of fused-ring (bicyclic) bond motifs is 1. The standard InChI is InChI=1S/C19H18Cl3N3O2S2/c20-11-1-6-14-16(7-8-23-17(14)9-11)24-12-2-4-13(5-3-12)25-29(26,27)18-10-15(21)19(22)28-18/h1,6-10,12-13,25H,2-5H2,(H,23,24). The summed E-state index contributed by atoms with van der Waals surface area (Å²) >= 11 is 18.8. The van der Waals surface area contributed by atoms with Crippen LogP contribution in [0.2, 0.25) is 14.4 Å². The van der Waals surface area contributed by atoms with Crippen LogP contribution in [0.4, 0.5) is 5.69 Å². The van der Waals surface area contributed by atoms with E-state index in [1.807, 2.05) is 24.3 Å². The average Bonchev–Trinajstić information content (AvgIpc) is 3.03. The van der Waals surface area contributed by atoms with Crippen molar-refractivity contribution in [3.63, 3.8) is 0 Å². The van der Waals surface area contributed by atoms with Gasteiger partial charge in [0.2, 0.25) is 10.0 Å². The fourth-order valence-corrected chi connectivity index (χ4v) is 6.93. The van der Waals surface area contributed by atoms with Crippen LogP contribution in [-0.4, -0.2) is 25.5 Å². The maximum Gasteiger partial charge on any atom is 0.250 e. The molecule has 0 aliphatic heterocycles. The highest BCUT2D eigenvalue weighted by Crippen LogP contribution is 2.35. The molecule has 0 unspecified atom stereocenters. The number of rotatable bonds is 5. The smallest absolute Gasteiger partial charge is 0.250 e. The largest absolute Gasteiger partial charge is 0.382 e. The van der Waals surface area contributed by atoms with Crippen LogP contribution in [0.15, 0.2) is 40.7 Å². The number of anilines is 1. The zero-order valence-electron chi connectivity index (χ0n) is 15.2. The Bertz CT molecular complexity index is 1120. The number of hydrogen-bond donors (Lipinski definition) is 2. The van der Waals surface area contributed by atoms with E-state index in [4.69, 9.17) is 34.8 Å². The van der Waals surface area contributed by atoms with Gasteiger partial charge < -0.3 is 5.32 Å². The molecule has 3 aromatic rings. The molecule has 4 rings (SSSR count). The molecule has 0 saturated heterocycles. The van der Waals surface area contributed by atoms with Crippen LogP contribution >= 0.6 is 46.1 Å². The van der Waals surface area contributed by atoms with Gasteiger partial charge in [0, 0.05) is 34.4 Å². The zero-order valence-corrected chi connectivity index (χ0v) is 19.1. The number of thiophene rings is 1. The van der Waals surface area contributed by atoms with Crippen LogP contribution in [0.3, 0.4) is 0 Å². The van der Waals surface area contributed by atoms with Crippen molar-refractivity contribution in [3.05, 3.63) is 50.9 Å². The first-order chi connectivity index (χ1) is 13.8. The second-order valence-electron chi connectivity index (χ2n) is 7.02. The van der Waals surface area contributed by atoms with Crippen LogP contribution in [-0.2, 0) is 10.0 Å². The van der Waals surface area contributed by atoms with Gasteiger partial charge in [-0.25, -0.2) is 13.1 Å². The Balaban J connectivity index is 1.39. The molecule has 0 radical (unpaired) electrons. The SMILES string of the molecule is O=S(=O)(NC1CCC(Nc2ccnc3cc(Cl)ccc23)CC1)c1cc(Cl)c(Cl)s1. The fourth-order valence-electron chi connectivity index (χ4n) is 3.56. The van der Waals surface area contributed by atoms with E-state index in [2.05, 4.69) is 15.0 Å². The van der Waals surface area contributed by atoms with Gasteiger partial charge in [-0.2, -0.15) is 0 Å². The lowest BCUT2D eigenvalue weighted by molar-refractivity contribution is 0.387. The molecule has 0 atom stereocenters. The second kappa shape index (κ2) is 8.57. The van der Waals surface area contributed by atoms with E-state index in [-0.39, 0.29) is 25.7 Å². The van der Waals surface area contributed by atoms with E-state index in [0.29, 0.717) is 5.02 Å². The molecular weight excluding hydrogens is 473 g/mol. The Labute approximate surface area is 188 Å². The van der Waals surface area contributed by atoms with Gasteiger partial charge in [0.25, 0.3) is 0 Å². The molecule has 154 valence electrons. The molecule has 0 bridgehead atoms. The Kier molecular flexibility index (Phi) is 6.25. The molecule has 10 heteroatoms. The van der Waals surface area contributed by atoms with E-state index in [0.717, 1.165) is 53.6 Å². The third kappa shape index (κ3) is 4.81. The van der Waals surface area contributed by atoms with Gasteiger partial charge in [-0.3, -0.25) is 4.98 Å². The van der Waals surface area contributed by atoms with Crippen LogP contribution in [0.25, 0.3) is 10.9 Å². The molecule has 29 heavy (non-hydrogen) atoms. The van der Waals surface area contributed by atoms with E-state index in [9.17, 15) is 8.42 Å². The monoisotopic (exact) mass is 489 g/mol. The van der Waals surface area contributed by atoms with Crippen LogP contribution in [0.5, 0.6) is 0 Å². The van der Waals surface area contributed by atoms with Gasteiger partial charge in [-0.05, 0) is 56.0 Å². The van der Waals surface area contributed by atoms with Gasteiger partial charge in [-0.1, -0.05) is 34.8 Å². The Hall–Kier alpha value is -1.09. The van der Waals surface area contributed by atoms with Crippen molar-refractivity contribution >= 4 is 72.8 Å². The Morgan fingerprint density at radius 3 is 2.41 bits per heavy atom. The van der Waals surface area contributed by atoms with Gasteiger partial charge in [-0.15, -0.1) is 11.3 Å². The molecule has 1 saturated carbocycles. The first kappa shape index (κ1) is 21.2. The van der Waals surface area contributed by atoms with Gasteiger partial charge >= 0.3 is 0 Å². The summed E-state index contributed by atoms with van der Waals surface area (Å²) in [7, 11) is -3.61. The molecule has 1 aliphatic carbocycles. The Morgan fingerprint density at radius 1 is 1.00 bits per heavy atom. The quantitative estimate of drug-likeness (QED) is 0.463. The summed E-state index contributed by atoms with van der Waals surface area (Å²) in [6.07, 6.45) is 4.97. The first-order valence-corrected chi connectivity index (χ1v) is 12.5. The highest BCUT2D eigenvalue weighted by atomic mass is 35.5. The number of nitrogens with one attached hydrogen (secondary N) is 2. The van der Waals surface area contributed by atoms with Crippen molar-refractivity contribution in [2.24, 2.45) is 0 Å². The predicted molar refractivity (Wildman–Crippen MR) is 121 cm³/mol. The van der Waals surface area contributed by atoms with E-state index in [1.165, 1.54) is 6.07 Å². The zero-order chi connectivity index (χ0) is 20.6. The first-order valence-electron chi connectivity index (χ1n) is 9.10. The highest BCUT2D eigenvalue weighted by molar-refractivity contribution is 7.91. The van der Waals surface area contributed by atoms with Crippen molar-refractivity contribution in [2.45, 2.75) is 42.0 Å². The maximum absolute atomic E-state index is 12.6. The van der Waals surface area contributed by atoms with Crippen molar-refractivity contribution in [1.29, 1.82) is 0 Å². The molecular formula is C19H18Cl3N3O2S2. The van der Waals surface area contributed by atoms with E-state index >= 15 is 0 Å². The summed E-state index contributed by atoms with van der Waals surface area (Å²) in [4.78, 5) is 4.37. The second-order valence-corrected chi connectivity index (χ2v) is 11.5. The molecule has 1 aliphatic rings. The lowest BCUT2D eigenvalue weighted by atomic mass is 9.91. The van der Waals surface area contributed by atoms with Gasteiger partial charge in [0.15, 0.2) is 0 Å². The summed E-state index contributed by atoms with van der Waals surface area (Å²) < 4.78 is 28.3. The molecule has 1 fully saturated rings. The molecule has 5 nitrogen and oxygen atoms in total. The molecule has 1 aromatic carbocycles. The summed E-state index contributed by atoms with van der Waals surface area (Å²) in [6.45, 7) is 0. The topological polar surface area (TPSA) is 71.1 Å². The number of hydrogen-bond acceptors (Lipinski definition) is 5. The van der Waals surface area contributed by atoms with E-state index < -0.39 is 10.0 Å². The number of aromatic nitrogens is 1.